The van der Waals surface area contributed by atoms with E-state index in [1.165, 1.54) is 12.1 Å². The molecule has 1 rings (SSSR count). The van der Waals surface area contributed by atoms with E-state index in [0.29, 0.717) is 6.42 Å². The van der Waals surface area contributed by atoms with Crippen LogP contribution in [0.1, 0.15) is 23.7 Å². The van der Waals surface area contributed by atoms with Crippen molar-refractivity contribution in [3.05, 3.63) is 35.1 Å². The normalized spacial score (nSPS) is 12.4. The van der Waals surface area contributed by atoms with Crippen molar-refractivity contribution in [2.24, 2.45) is 0 Å². The quantitative estimate of drug-likeness (QED) is 0.744. The van der Waals surface area contributed by atoms with E-state index in [1.807, 2.05) is 0 Å². The summed E-state index contributed by atoms with van der Waals surface area (Å²) in [7, 11) is 0. The maximum atomic E-state index is 13.5. The first kappa shape index (κ1) is 13.6. The van der Waals surface area contributed by atoms with Crippen molar-refractivity contribution < 1.29 is 24.1 Å². The third kappa shape index (κ3) is 3.80. The molecule has 0 heterocycles. The molecule has 0 fully saturated rings. The molecule has 17 heavy (non-hydrogen) atoms. The lowest BCUT2D eigenvalue weighted by atomic mass is 10.1. The summed E-state index contributed by atoms with van der Waals surface area (Å²) in [5.41, 5.74) is 0.772. The zero-order chi connectivity index (χ0) is 12.8. The fourth-order valence-electron chi connectivity index (χ4n) is 1.42. The predicted molar refractivity (Wildman–Crippen MR) is 59.2 cm³/mol. The summed E-state index contributed by atoms with van der Waals surface area (Å²) in [5.74, 6) is -1.85. The number of carbonyl (C=O) groups is 1. The van der Waals surface area contributed by atoms with E-state index in [-0.39, 0.29) is 18.8 Å². The second-order valence-corrected chi connectivity index (χ2v) is 3.69. The van der Waals surface area contributed by atoms with Gasteiger partial charge in [-0.1, -0.05) is 11.6 Å². The van der Waals surface area contributed by atoms with E-state index in [1.54, 1.807) is 13.0 Å². The molecule has 1 aromatic carbocycles. The van der Waals surface area contributed by atoms with Gasteiger partial charge in [0.05, 0.1) is 6.61 Å². The summed E-state index contributed by atoms with van der Waals surface area (Å²) in [6.07, 6.45) is -1.02. The van der Waals surface area contributed by atoms with Gasteiger partial charge in [-0.05, 0) is 25.5 Å². The summed E-state index contributed by atoms with van der Waals surface area (Å²) in [6.45, 7) is 1.72. The number of aliphatic hydroxyl groups excluding tert-OH is 1. The molecule has 0 spiro atoms. The molecule has 0 aliphatic rings. The van der Waals surface area contributed by atoms with E-state index in [9.17, 15) is 9.18 Å². The molecule has 0 amide bonds. The van der Waals surface area contributed by atoms with Crippen molar-refractivity contribution in [3.8, 4) is 0 Å². The molecule has 1 aromatic rings. The number of aliphatic hydroxyl groups is 1. The van der Waals surface area contributed by atoms with Crippen molar-refractivity contribution in [3.63, 3.8) is 0 Å². The largest absolute Gasteiger partial charge is 0.479 e. The lowest BCUT2D eigenvalue weighted by Gasteiger charge is -2.15. The molecule has 0 aliphatic carbocycles. The average Bonchev–Trinajstić information content (AvgIpc) is 2.28. The van der Waals surface area contributed by atoms with Crippen LogP contribution in [-0.2, 0) is 9.53 Å². The van der Waals surface area contributed by atoms with Crippen LogP contribution in [0.25, 0.3) is 0 Å². The molecule has 94 valence electrons. The summed E-state index contributed by atoms with van der Waals surface area (Å²) in [5, 5.41) is 17.6. The Bertz CT molecular complexity index is 392. The fourth-order valence-corrected chi connectivity index (χ4v) is 1.42. The number of halogens is 1. The molecule has 5 heteroatoms. The number of aryl methyl sites for hydroxylation is 1. The first-order valence-electron chi connectivity index (χ1n) is 5.27. The maximum absolute atomic E-state index is 13.5. The Kier molecular flexibility index (Phi) is 5.06. The number of hydrogen-bond acceptors (Lipinski definition) is 3. The van der Waals surface area contributed by atoms with Gasteiger partial charge >= 0.3 is 5.97 Å². The van der Waals surface area contributed by atoms with Crippen LogP contribution in [0.4, 0.5) is 4.39 Å². The van der Waals surface area contributed by atoms with Gasteiger partial charge in [0.2, 0.25) is 0 Å². The van der Waals surface area contributed by atoms with E-state index in [0.717, 1.165) is 5.56 Å². The fraction of sp³-hybridized carbons (Fsp3) is 0.417. The minimum atomic E-state index is -1.33. The third-order valence-electron chi connectivity index (χ3n) is 2.25. The zero-order valence-electron chi connectivity index (χ0n) is 9.52. The van der Waals surface area contributed by atoms with Gasteiger partial charge in [0.1, 0.15) is 5.82 Å². The molecule has 0 saturated heterocycles. The van der Waals surface area contributed by atoms with Crippen LogP contribution in [0.2, 0.25) is 0 Å². The monoisotopic (exact) mass is 242 g/mol. The van der Waals surface area contributed by atoms with Gasteiger partial charge in [-0.2, -0.15) is 0 Å². The number of aliphatic carboxylic acids is 1. The predicted octanol–water partition coefficient (Wildman–Crippen LogP) is 1.66. The molecule has 0 aromatic heterocycles. The van der Waals surface area contributed by atoms with Crippen molar-refractivity contribution >= 4 is 5.97 Å². The van der Waals surface area contributed by atoms with Crippen molar-refractivity contribution in [1.29, 1.82) is 0 Å². The number of carboxylic acids is 1. The molecule has 0 bridgehead atoms. The molecular formula is C12H15FO4. The average molecular weight is 242 g/mol. The highest BCUT2D eigenvalue weighted by atomic mass is 19.1. The number of rotatable bonds is 6. The molecule has 0 aliphatic heterocycles. The topological polar surface area (TPSA) is 66.8 Å². The minimum absolute atomic E-state index is 0.00967. The van der Waals surface area contributed by atoms with Crippen molar-refractivity contribution in [2.75, 3.05) is 13.2 Å². The first-order chi connectivity index (χ1) is 8.06. The summed E-state index contributed by atoms with van der Waals surface area (Å²) >= 11 is 0. The lowest BCUT2D eigenvalue weighted by Crippen LogP contribution is -2.18. The van der Waals surface area contributed by atoms with Gasteiger partial charge < -0.3 is 14.9 Å². The lowest BCUT2D eigenvalue weighted by molar-refractivity contribution is -0.151. The van der Waals surface area contributed by atoms with Crippen LogP contribution in [0.5, 0.6) is 0 Å². The Morgan fingerprint density at radius 2 is 2.24 bits per heavy atom. The Hall–Kier alpha value is -1.46. The standard InChI is InChI=1S/C12H15FO4/c1-8-3-4-10(13)9(7-8)11(12(15)16)17-6-2-5-14/h3-4,7,11,14H,2,5-6H2,1H3,(H,15,16). The second kappa shape index (κ2) is 6.32. The van der Waals surface area contributed by atoms with Gasteiger partial charge in [0.25, 0.3) is 0 Å². The van der Waals surface area contributed by atoms with Crippen LogP contribution < -0.4 is 0 Å². The number of hydrogen-bond donors (Lipinski definition) is 2. The Labute approximate surface area is 98.7 Å². The molecule has 1 atom stereocenters. The zero-order valence-corrected chi connectivity index (χ0v) is 9.52. The van der Waals surface area contributed by atoms with Gasteiger partial charge in [0.15, 0.2) is 6.10 Å². The Balaban J connectivity index is 2.89. The molecule has 4 nitrogen and oxygen atoms in total. The van der Waals surface area contributed by atoms with Crippen LogP contribution in [0.15, 0.2) is 18.2 Å². The summed E-state index contributed by atoms with van der Waals surface area (Å²) in [6, 6.07) is 4.23. The smallest absolute Gasteiger partial charge is 0.337 e. The van der Waals surface area contributed by atoms with Crippen LogP contribution in [-0.4, -0.2) is 29.4 Å². The molecule has 0 saturated carbocycles. The summed E-state index contributed by atoms with van der Waals surface area (Å²) in [4.78, 5) is 11.0. The Morgan fingerprint density at radius 3 is 2.82 bits per heavy atom. The van der Waals surface area contributed by atoms with Crippen molar-refractivity contribution in [2.45, 2.75) is 19.4 Å². The third-order valence-corrected chi connectivity index (χ3v) is 2.25. The van der Waals surface area contributed by atoms with Gasteiger partial charge in [-0.25, -0.2) is 9.18 Å². The second-order valence-electron chi connectivity index (χ2n) is 3.69. The maximum Gasteiger partial charge on any atom is 0.337 e. The molecule has 1 unspecified atom stereocenters. The van der Waals surface area contributed by atoms with Gasteiger partial charge in [-0.15, -0.1) is 0 Å². The van der Waals surface area contributed by atoms with E-state index in [4.69, 9.17) is 14.9 Å². The van der Waals surface area contributed by atoms with Crippen LogP contribution in [0, 0.1) is 12.7 Å². The highest BCUT2D eigenvalue weighted by molar-refractivity contribution is 5.74. The van der Waals surface area contributed by atoms with Gasteiger partial charge in [0, 0.05) is 12.2 Å². The molecule has 2 N–H and O–H groups in total. The van der Waals surface area contributed by atoms with E-state index < -0.39 is 17.9 Å². The van der Waals surface area contributed by atoms with Gasteiger partial charge in [-0.3, -0.25) is 0 Å². The van der Waals surface area contributed by atoms with Crippen molar-refractivity contribution in [1.82, 2.24) is 0 Å². The minimum Gasteiger partial charge on any atom is -0.479 e. The highest BCUT2D eigenvalue weighted by Crippen LogP contribution is 2.22. The summed E-state index contributed by atoms with van der Waals surface area (Å²) < 4.78 is 18.6. The highest BCUT2D eigenvalue weighted by Gasteiger charge is 2.23. The Morgan fingerprint density at radius 1 is 1.53 bits per heavy atom. The van der Waals surface area contributed by atoms with Crippen LogP contribution >= 0.6 is 0 Å². The number of carboxylic acid groups (broad SMARTS) is 1. The first-order valence-corrected chi connectivity index (χ1v) is 5.27. The van der Waals surface area contributed by atoms with Crippen LogP contribution in [0.3, 0.4) is 0 Å². The number of ether oxygens (including phenoxy) is 1. The molecule has 0 radical (unpaired) electrons. The van der Waals surface area contributed by atoms with E-state index in [2.05, 4.69) is 0 Å². The van der Waals surface area contributed by atoms with E-state index >= 15 is 0 Å². The SMILES string of the molecule is Cc1ccc(F)c(C(OCCCO)C(=O)O)c1. The number of benzene rings is 1. The molecular weight excluding hydrogens is 227 g/mol.